The zero-order valence-corrected chi connectivity index (χ0v) is 16.2. The van der Waals surface area contributed by atoms with Crippen LogP contribution in [0.4, 0.5) is 0 Å². The number of carbonyl (C=O) groups excluding carboxylic acids is 2. The molecule has 1 aliphatic rings. The molecule has 1 amide bonds. The molecule has 2 heterocycles. The summed E-state index contributed by atoms with van der Waals surface area (Å²) in [5.41, 5.74) is 3.52. The highest BCUT2D eigenvalue weighted by atomic mass is 16.5. The fourth-order valence-electron chi connectivity index (χ4n) is 3.59. The summed E-state index contributed by atoms with van der Waals surface area (Å²) in [5.74, 6) is -0.0759. The van der Waals surface area contributed by atoms with Gasteiger partial charge in [-0.05, 0) is 39.3 Å². The molecule has 1 fully saturated rings. The Morgan fingerprint density at radius 3 is 2.28 bits per heavy atom. The lowest BCUT2D eigenvalue weighted by Crippen LogP contribution is -2.48. The first-order valence-corrected chi connectivity index (χ1v) is 9.22. The maximum atomic E-state index is 12.5. The minimum Gasteiger partial charge on any atom is -0.462 e. The van der Waals surface area contributed by atoms with Gasteiger partial charge in [-0.15, -0.1) is 0 Å². The van der Waals surface area contributed by atoms with Gasteiger partial charge in [0.1, 0.15) is 0 Å². The van der Waals surface area contributed by atoms with Crippen molar-refractivity contribution in [2.75, 3.05) is 39.3 Å². The van der Waals surface area contributed by atoms with Gasteiger partial charge in [0.25, 0.3) is 0 Å². The van der Waals surface area contributed by atoms with Crippen LogP contribution in [0.15, 0.2) is 0 Å². The molecular weight excluding hydrogens is 318 g/mol. The van der Waals surface area contributed by atoms with Gasteiger partial charge in [0.2, 0.25) is 5.91 Å². The van der Waals surface area contributed by atoms with Gasteiger partial charge in [0.15, 0.2) is 0 Å². The third-order valence-electron chi connectivity index (χ3n) is 5.31. The molecule has 0 atom stereocenters. The summed E-state index contributed by atoms with van der Waals surface area (Å²) in [4.78, 5) is 29.0. The van der Waals surface area contributed by atoms with Crippen LogP contribution in [0.1, 0.15) is 47.6 Å². The fraction of sp³-hybridized carbons (Fsp3) is 0.684. The molecule has 25 heavy (non-hydrogen) atoms. The van der Waals surface area contributed by atoms with E-state index in [1.54, 1.807) is 0 Å². The lowest BCUT2D eigenvalue weighted by atomic mass is 10.1. The highest BCUT2D eigenvalue weighted by molar-refractivity contribution is 5.93. The lowest BCUT2D eigenvalue weighted by molar-refractivity contribution is -0.132. The van der Waals surface area contributed by atoms with Crippen molar-refractivity contribution in [2.45, 2.75) is 40.5 Å². The van der Waals surface area contributed by atoms with Crippen molar-refractivity contribution in [3.05, 3.63) is 22.5 Å². The fourth-order valence-corrected chi connectivity index (χ4v) is 3.59. The molecule has 6 nitrogen and oxygen atoms in total. The highest BCUT2D eigenvalue weighted by Gasteiger charge is 2.24. The van der Waals surface area contributed by atoms with E-state index >= 15 is 0 Å². The van der Waals surface area contributed by atoms with Crippen molar-refractivity contribution < 1.29 is 14.3 Å². The van der Waals surface area contributed by atoms with Crippen molar-refractivity contribution in [1.29, 1.82) is 0 Å². The van der Waals surface area contributed by atoms with E-state index < -0.39 is 0 Å². The number of hydrogen-bond donors (Lipinski definition) is 0. The summed E-state index contributed by atoms with van der Waals surface area (Å²) < 4.78 is 7.19. The largest absolute Gasteiger partial charge is 0.462 e. The number of nitrogens with zero attached hydrogens (tertiary/aromatic N) is 3. The highest BCUT2D eigenvalue weighted by Crippen LogP contribution is 2.23. The van der Waals surface area contributed by atoms with Crippen molar-refractivity contribution >= 4 is 11.9 Å². The molecule has 0 aliphatic carbocycles. The van der Waals surface area contributed by atoms with Gasteiger partial charge >= 0.3 is 5.97 Å². The Balaban J connectivity index is 2.02. The predicted octanol–water partition coefficient (Wildman–Crippen LogP) is 1.92. The number of ether oxygens (including phenoxy) is 1. The second kappa shape index (κ2) is 8.52. The van der Waals surface area contributed by atoms with E-state index in [4.69, 9.17) is 4.74 Å². The van der Waals surface area contributed by atoms with Crippen molar-refractivity contribution in [3.63, 3.8) is 0 Å². The molecular formula is C19H31N3O3. The Morgan fingerprint density at radius 2 is 1.72 bits per heavy atom. The molecule has 1 aliphatic heterocycles. The van der Waals surface area contributed by atoms with Gasteiger partial charge in [-0.3, -0.25) is 4.79 Å². The number of aromatic nitrogens is 1. The van der Waals surface area contributed by atoms with Gasteiger partial charge in [-0.2, -0.15) is 0 Å². The van der Waals surface area contributed by atoms with Gasteiger partial charge in [0, 0.05) is 51.0 Å². The molecule has 0 saturated carbocycles. The van der Waals surface area contributed by atoms with E-state index in [1.165, 1.54) is 0 Å². The van der Waals surface area contributed by atoms with Gasteiger partial charge in [-0.1, -0.05) is 6.92 Å². The maximum Gasteiger partial charge on any atom is 0.340 e. The topological polar surface area (TPSA) is 54.8 Å². The Bertz CT molecular complexity index is 628. The standard InChI is InChI=1S/C19H31N3O3/c1-6-21-10-12-22(13-11-21)17(23)9-8-16-14(3)18(15(4)20(16)5)19(24)25-7-2/h6-13H2,1-5H3. The normalized spacial score (nSPS) is 15.5. The van der Waals surface area contributed by atoms with Crippen LogP contribution < -0.4 is 0 Å². The van der Waals surface area contributed by atoms with Gasteiger partial charge in [-0.25, -0.2) is 4.79 Å². The molecule has 1 aromatic rings. The second-order valence-corrected chi connectivity index (χ2v) is 6.63. The quantitative estimate of drug-likeness (QED) is 0.736. The van der Waals surface area contributed by atoms with E-state index in [0.717, 1.165) is 49.7 Å². The van der Waals surface area contributed by atoms with Crippen molar-refractivity contribution in [3.8, 4) is 0 Å². The smallest absolute Gasteiger partial charge is 0.340 e. The van der Waals surface area contributed by atoms with Crippen LogP contribution in [0.3, 0.4) is 0 Å². The van der Waals surface area contributed by atoms with Gasteiger partial charge < -0.3 is 19.1 Å². The molecule has 6 heteroatoms. The van der Waals surface area contributed by atoms with Crippen LogP contribution in [-0.2, 0) is 23.0 Å². The molecule has 1 saturated heterocycles. The molecule has 1 aromatic heterocycles. The zero-order chi connectivity index (χ0) is 18.6. The number of likely N-dealkylation sites (N-methyl/N-ethyl adjacent to an activating group) is 1. The number of esters is 1. The van der Waals surface area contributed by atoms with Crippen LogP contribution in [-0.4, -0.2) is 65.6 Å². The van der Waals surface area contributed by atoms with Gasteiger partial charge in [0.05, 0.1) is 12.2 Å². The average Bonchev–Trinajstić information content (AvgIpc) is 2.82. The van der Waals surface area contributed by atoms with Crippen LogP contribution in [0.25, 0.3) is 0 Å². The monoisotopic (exact) mass is 349 g/mol. The van der Waals surface area contributed by atoms with Crippen LogP contribution >= 0.6 is 0 Å². The average molecular weight is 349 g/mol. The summed E-state index contributed by atoms with van der Waals surface area (Å²) in [6.45, 7) is 12.8. The molecule has 140 valence electrons. The number of carbonyl (C=O) groups is 2. The zero-order valence-electron chi connectivity index (χ0n) is 16.2. The number of piperazine rings is 1. The first-order valence-electron chi connectivity index (χ1n) is 9.22. The summed E-state index contributed by atoms with van der Waals surface area (Å²) in [7, 11) is 1.95. The lowest BCUT2D eigenvalue weighted by Gasteiger charge is -2.34. The maximum absolute atomic E-state index is 12.5. The molecule has 0 bridgehead atoms. The molecule has 0 radical (unpaired) electrons. The van der Waals surface area contributed by atoms with E-state index in [-0.39, 0.29) is 11.9 Å². The minimum absolute atomic E-state index is 0.201. The second-order valence-electron chi connectivity index (χ2n) is 6.63. The Hall–Kier alpha value is -1.82. The first-order chi connectivity index (χ1) is 11.9. The predicted molar refractivity (Wildman–Crippen MR) is 97.9 cm³/mol. The molecule has 0 spiro atoms. The Morgan fingerprint density at radius 1 is 1.08 bits per heavy atom. The molecule has 0 N–H and O–H groups in total. The number of amides is 1. The van der Waals surface area contributed by atoms with Crippen LogP contribution in [0, 0.1) is 13.8 Å². The SMILES string of the molecule is CCOC(=O)c1c(C)c(CCC(=O)N2CCN(CC)CC2)n(C)c1C. The minimum atomic E-state index is -0.277. The summed E-state index contributed by atoms with van der Waals surface area (Å²) in [6, 6.07) is 0. The van der Waals surface area contributed by atoms with Crippen molar-refractivity contribution in [1.82, 2.24) is 14.4 Å². The Labute approximate surface area is 150 Å². The summed E-state index contributed by atoms with van der Waals surface area (Å²) in [5, 5.41) is 0. The number of hydrogen-bond acceptors (Lipinski definition) is 4. The van der Waals surface area contributed by atoms with E-state index in [0.29, 0.717) is 25.0 Å². The summed E-state index contributed by atoms with van der Waals surface area (Å²) in [6.07, 6.45) is 1.13. The van der Waals surface area contributed by atoms with Crippen molar-refractivity contribution in [2.24, 2.45) is 7.05 Å². The third-order valence-corrected chi connectivity index (χ3v) is 5.31. The van der Waals surface area contributed by atoms with Crippen LogP contribution in [0.2, 0.25) is 0 Å². The molecule has 0 aromatic carbocycles. The van der Waals surface area contributed by atoms with E-state index in [1.807, 2.05) is 37.3 Å². The molecule has 0 unspecified atom stereocenters. The summed E-state index contributed by atoms with van der Waals surface area (Å²) >= 11 is 0. The van der Waals surface area contributed by atoms with E-state index in [9.17, 15) is 9.59 Å². The first kappa shape index (κ1) is 19.5. The van der Waals surface area contributed by atoms with Crippen LogP contribution in [0.5, 0.6) is 0 Å². The third kappa shape index (κ3) is 4.24. The van der Waals surface area contributed by atoms with E-state index in [2.05, 4.69) is 11.8 Å². The molecule has 2 rings (SSSR count). The Kier molecular flexibility index (Phi) is 6.64. The number of rotatable bonds is 6.